The highest BCUT2D eigenvalue weighted by atomic mass is 16.6. The smallest absolute Gasteiger partial charge is 0.230 e. The van der Waals surface area contributed by atoms with Crippen molar-refractivity contribution in [1.82, 2.24) is 4.90 Å². The molecular weight excluding hydrogens is 384 g/mol. The minimum Gasteiger partial charge on any atom is -0.495 e. The van der Waals surface area contributed by atoms with Gasteiger partial charge in [0, 0.05) is 24.8 Å². The molecule has 7 nitrogen and oxygen atoms in total. The fraction of sp³-hybridized carbons (Fsp3) is 0.652. The molecule has 0 N–H and O–H groups in total. The van der Waals surface area contributed by atoms with E-state index in [1.807, 2.05) is 23.1 Å². The predicted octanol–water partition coefficient (Wildman–Crippen LogP) is 1.13. The number of amides is 1. The lowest BCUT2D eigenvalue weighted by Gasteiger charge is -2.53. The second kappa shape index (κ2) is 5.44. The summed E-state index contributed by atoms with van der Waals surface area (Å²) in [5.41, 5.74) is 0.742. The quantitative estimate of drug-likeness (QED) is 0.647. The maximum absolute atomic E-state index is 14.0. The topological polar surface area (TPSA) is 71.6 Å². The van der Waals surface area contributed by atoms with Crippen LogP contribution in [0.1, 0.15) is 24.8 Å². The van der Waals surface area contributed by atoms with E-state index in [1.54, 1.807) is 7.11 Å². The zero-order valence-corrected chi connectivity index (χ0v) is 17.3. The summed E-state index contributed by atoms with van der Waals surface area (Å²) in [6, 6.07) is 5.67. The van der Waals surface area contributed by atoms with Crippen LogP contribution in [0.15, 0.2) is 18.2 Å². The van der Waals surface area contributed by atoms with Gasteiger partial charge in [-0.2, -0.15) is 0 Å². The molecular formula is C23H26N2O5. The molecule has 6 heterocycles. The van der Waals surface area contributed by atoms with Crippen LogP contribution in [0.2, 0.25) is 0 Å². The Balaban J connectivity index is 1.53. The van der Waals surface area contributed by atoms with E-state index < -0.39 is 5.41 Å². The monoisotopic (exact) mass is 410 g/mol. The van der Waals surface area contributed by atoms with Crippen molar-refractivity contribution < 1.29 is 23.8 Å². The van der Waals surface area contributed by atoms with Crippen molar-refractivity contribution in [2.75, 3.05) is 38.8 Å². The standard InChI is InChI=1S/C23H26N2O5/c1-24-7-6-22-12-4-3-5-14(28-2)20(12)25-18(27)9-15-19(21(22)25)13(8-16(22)26)23(11-24)17(30-23)10-29-15/h3-5,13,15,17,19,21H,6-11H2,1-2H3/t13-,15+,17-,19+,21+,22-,23+/m1/s1. The molecule has 30 heavy (non-hydrogen) atoms. The molecule has 7 atom stereocenters. The van der Waals surface area contributed by atoms with Gasteiger partial charge in [0.05, 0.1) is 43.4 Å². The van der Waals surface area contributed by atoms with Crippen molar-refractivity contribution in [3.05, 3.63) is 23.8 Å². The van der Waals surface area contributed by atoms with Crippen LogP contribution in [0, 0.1) is 11.8 Å². The van der Waals surface area contributed by atoms with Gasteiger partial charge in [-0.3, -0.25) is 9.59 Å². The minimum absolute atomic E-state index is 0.0239. The zero-order valence-electron chi connectivity index (χ0n) is 17.3. The van der Waals surface area contributed by atoms with E-state index in [-0.39, 0.29) is 47.4 Å². The van der Waals surface area contributed by atoms with Gasteiger partial charge < -0.3 is 24.0 Å². The van der Waals surface area contributed by atoms with Gasteiger partial charge in [-0.05, 0) is 31.6 Å². The Morgan fingerprint density at radius 3 is 2.93 bits per heavy atom. The summed E-state index contributed by atoms with van der Waals surface area (Å²) in [7, 11) is 3.76. The fourth-order valence-electron chi connectivity index (χ4n) is 7.67. The Hall–Kier alpha value is -1.96. The lowest BCUT2D eigenvalue weighted by atomic mass is 9.54. The number of benzene rings is 1. The summed E-state index contributed by atoms with van der Waals surface area (Å²) in [6.45, 7) is 2.14. The lowest BCUT2D eigenvalue weighted by molar-refractivity contribution is -0.144. The van der Waals surface area contributed by atoms with E-state index in [0.717, 1.165) is 24.3 Å². The second-order valence-electron chi connectivity index (χ2n) is 9.97. The highest BCUT2D eigenvalue weighted by Gasteiger charge is 2.75. The van der Waals surface area contributed by atoms with Gasteiger partial charge in [0.1, 0.15) is 23.2 Å². The van der Waals surface area contributed by atoms with Crippen molar-refractivity contribution >= 4 is 17.4 Å². The van der Waals surface area contributed by atoms with Crippen molar-refractivity contribution in [1.29, 1.82) is 0 Å². The number of fused-ring (bicyclic) bond motifs is 6. The van der Waals surface area contributed by atoms with Crippen molar-refractivity contribution in [3.63, 3.8) is 0 Å². The van der Waals surface area contributed by atoms with Gasteiger partial charge in [0.25, 0.3) is 0 Å². The van der Waals surface area contributed by atoms with Crippen molar-refractivity contribution in [2.45, 2.75) is 48.5 Å². The minimum atomic E-state index is -0.697. The van der Waals surface area contributed by atoms with Crippen LogP contribution in [0.25, 0.3) is 0 Å². The van der Waals surface area contributed by atoms with Crippen LogP contribution >= 0.6 is 0 Å². The third-order valence-corrected chi connectivity index (χ3v) is 8.87. The largest absolute Gasteiger partial charge is 0.495 e. The van der Waals surface area contributed by atoms with Crippen LogP contribution in [0.4, 0.5) is 5.69 Å². The van der Waals surface area contributed by atoms with Crippen molar-refractivity contribution in [2.24, 2.45) is 11.8 Å². The van der Waals surface area contributed by atoms with Crippen LogP contribution in [-0.2, 0) is 24.5 Å². The molecule has 1 aromatic rings. The molecule has 1 saturated carbocycles. The number of carbonyl (C=O) groups excluding carboxylic acids is 2. The molecule has 6 fully saturated rings. The summed E-state index contributed by atoms with van der Waals surface area (Å²) < 4.78 is 18.3. The summed E-state index contributed by atoms with van der Waals surface area (Å²) in [5, 5.41) is 0. The molecule has 0 radical (unpaired) electrons. The molecule has 7 aliphatic rings. The number of carbonyl (C=O) groups is 2. The third kappa shape index (κ3) is 1.81. The van der Waals surface area contributed by atoms with Crippen molar-refractivity contribution in [3.8, 4) is 5.75 Å². The number of likely N-dealkylation sites (N-methyl/N-ethyl adjacent to an activating group) is 1. The summed E-state index contributed by atoms with van der Waals surface area (Å²) in [4.78, 5) is 31.8. The molecule has 0 unspecified atom stereocenters. The number of methoxy groups -OCH3 is 1. The first-order valence-corrected chi connectivity index (χ1v) is 11.0. The molecule has 1 aromatic carbocycles. The number of piperidine rings is 1. The highest BCUT2D eigenvalue weighted by molar-refractivity contribution is 6.07. The third-order valence-electron chi connectivity index (χ3n) is 8.87. The first kappa shape index (κ1) is 17.7. The average Bonchev–Trinajstić information content (AvgIpc) is 3.33. The number of rotatable bonds is 1. The molecule has 1 aliphatic carbocycles. The number of hydrogen-bond donors (Lipinski definition) is 0. The van der Waals surface area contributed by atoms with E-state index in [4.69, 9.17) is 14.2 Å². The van der Waals surface area contributed by atoms with E-state index in [0.29, 0.717) is 31.6 Å². The number of epoxide rings is 1. The Labute approximate surface area is 175 Å². The Morgan fingerprint density at radius 1 is 1.23 bits per heavy atom. The Bertz CT molecular complexity index is 996. The van der Waals surface area contributed by atoms with E-state index in [9.17, 15) is 9.59 Å². The first-order valence-electron chi connectivity index (χ1n) is 11.0. The van der Waals surface area contributed by atoms with Crippen LogP contribution in [-0.4, -0.2) is 74.3 Å². The van der Waals surface area contributed by atoms with Gasteiger partial charge >= 0.3 is 0 Å². The molecule has 5 saturated heterocycles. The van der Waals surface area contributed by atoms with Gasteiger partial charge in [0.15, 0.2) is 0 Å². The molecule has 1 amide bonds. The SMILES string of the molecule is COc1cccc2c1N1C(=O)C[C@@H]3OC[C@H]4O[C@]45CN(C)CC[C@]24C(=O)C[C@@H]5[C@@H]3[C@H]14. The zero-order chi connectivity index (χ0) is 20.4. The molecule has 158 valence electrons. The lowest BCUT2D eigenvalue weighted by Crippen LogP contribution is -2.67. The first-order chi connectivity index (χ1) is 14.5. The van der Waals surface area contributed by atoms with E-state index in [2.05, 4.69) is 11.9 Å². The molecule has 0 aromatic heterocycles. The van der Waals surface area contributed by atoms with Crippen LogP contribution < -0.4 is 9.64 Å². The van der Waals surface area contributed by atoms with Gasteiger partial charge in [-0.25, -0.2) is 0 Å². The molecule has 8 rings (SSSR count). The maximum Gasteiger partial charge on any atom is 0.230 e. The normalized spacial score (nSPS) is 45.8. The number of para-hydroxylation sites is 1. The number of hydrogen-bond acceptors (Lipinski definition) is 6. The van der Waals surface area contributed by atoms with E-state index in [1.165, 1.54) is 0 Å². The summed E-state index contributed by atoms with van der Waals surface area (Å²) >= 11 is 0. The second-order valence-corrected chi connectivity index (χ2v) is 9.97. The maximum atomic E-state index is 14.0. The molecule has 7 heteroatoms. The summed E-state index contributed by atoms with van der Waals surface area (Å²) in [5.74, 6) is 1.15. The number of ketones is 1. The fourth-order valence-corrected chi connectivity index (χ4v) is 7.67. The molecule has 6 aliphatic heterocycles. The highest BCUT2D eigenvalue weighted by Crippen LogP contribution is 2.65. The van der Waals surface area contributed by atoms with Gasteiger partial charge in [0.2, 0.25) is 5.91 Å². The number of Topliss-reactive ketones (excluding diaryl/α,β-unsaturated/α-hetero) is 1. The number of ether oxygens (including phenoxy) is 3. The van der Waals surface area contributed by atoms with Gasteiger partial charge in [-0.1, -0.05) is 12.1 Å². The van der Waals surface area contributed by atoms with Crippen LogP contribution in [0.5, 0.6) is 5.75 Å². The molecule has 2 spiro atoms. The van der Waals surface area contributed by atoms with Crippen LogP contribution in [0.3, 0.4) is 0 Å². The number of nitrogens with zero attached hydrogens (tertiary/aromatic N) is 2. The average molecular weight is 410 g/mol. The molecule has 4 bridgehead atoms. The van der Waals surface area contributed by atoms with Gasteiger partial charge in [-0.15, -0.1) is 0 Å². The number of anilines is 1. The predicted molar refractivity (Wildman–Crippen MR) is 107 cm³/mol. The van der Waals surface area contributed by atoms with E-state index >= 15 is 0 Å². The summed E-state index contributed by atoms with van der Waals surface area (Å²) in [6.07, 6.45) is 1.44. The Kier molecular flexibility index (Phi) is 3.21. The Morgan fingerprint density at radius 2 is 2.10 bits per heavy atom.